The fourth-order valence-electron chi connectivity index (χ4n) is 4.46. The van der Waals surface area contributed by atoms with Crippen molar-refractivity contribution in [2.75, 3.05) is 32.7 Å². The average molecular weight is 293 g/mol. The molecule has 3 heteroatoms. The van der Waals surface area contributed by atoms with Crippen molar-refractivity contribution < 1.29 is 0 Å². The van der Waals surface area contributed by atoms with Crippen molar-refractivity contribution in [3.05, 3.63) is 0 Å². The smallest absolute Gasteiger partial charge is 0.0247 e. The van der Waals surface area contributed by atoms with Crippen LogP contribution in [-0.2, 0) is 0 Å². The van der Waals surface area contributed by atoms with E-state index in [4.69, 9.17) is 0 Å². The van der Waals surface area contributed by atoms with Crippen LogP contribution in [-0.4, -0.2) is 60.6 Å². The largest absolute Gasteiger partial charge is 0.311 e. The molecular weight excluding hydrogens is 258 g/mol. The first kappa shape index (κ1) is 15.8. The SMILES string of the molecule is CCCN1CCC(N2CC(C3CC3)NCC2C(C)C)CC1. The van der Waals surface area contributed by atoms with E-state index in [0.717, 1.165) is 30.0 Å². The Morgan fingerprint density at radius 3 is 2.38 bits per heavy atom. The molecule has 0 amide bonds. The van der Waals surface area contributed by atoms with E-state index in [-0.39, 0.29) is 0 Å². The Hall–Kier alpha value is -0.120. The Morgan fingerprint density at radius 1 is 1.10 bits per heavy atom. The Balaban J connectivity index is 1.59. The molecule has 0 aromatic heterocycles. The highest BCUT2D eigenvalue weighted by molar-refractivity contribution is 4.98. The molecule has 21 heavy (non-hydrogen) atoms. The van der Waals surface area contributed by atoms with Gasteiger partial charge in [0.15, 0.2) is 0 Å². The third-order valence-corrected chi connectivity index (χ3v) is 5.95. The summed E-state index contributed by atoms with van der Waals surface area (Å²) in [5, 5.41) is 3.86. The van der Waals surface area contributed by atoms with Gasteiger partial charge in [0.2, 0.25) is 0 Å². The zero-order valence-electron chi connectivity index (χ0n) is 14.4. The first-order valence-corrected chi connectivity index (χ1v) is 9.40. The standard InChI is InChI=1S/C18H35N3/c1-4-9-20-10-7-16(8-11-20)21-13-17(15-5-6-15)19-12-18(21)14(2)3/h14-19H,4-13H2,1-3H3. The van der Waals surface area contributed by atoms with E-state index in [0.29, 0.717) is 0 Å². The van der Waals surface area contributed by atoms with E-state index >= 15 is 0 Å². The van der Waals surface area contributed by atoms with Crippen molar-refractivity contribution in [1.29, 1.82) is 0 Å². The third kappa shape index (κ3) is 3.80. The number of rotatable bonds is 5. The number of hydrogen-bond acceptors (Lipinski definition) is 3. The molecule has 2 unspecified atom stereocenters. The number of piperidine rings is 1. The second kappa shape index (κ2) is 6.97. The van der Waals surface area contributed by atoms with Crippen LogP contribution in [0.1, 0.15) is 52.9 Å². The number of likely N-dealkylation sites (tertiary alicyclic amines) is 1. The van der Waals surface area contributed by atoms with Gasteiger partial charge in [-0.05, 0) is 63.6 Å². The number of nitrogens with zero attached hydrogens (tertiary/aromatic N) is 2. The van der Waals surface area contributed by atoms with Crippen molar-refractivity contribution in [2.24, 2.45) is 11.8 Å². The van der Waals surface area contributed by atoms with Crippen LogP contribution in [0.15, 0.2) is 0 Å². The van der Waals surface area contributed by atoms with E-state index < -0.39 is 0 Å². The summed E-state index contributed by atoms with van der Waals surface area (Å²) >= 11 is 0. The van der Waals surface area contributed by atoms with Gasteiger partial charge >= 0.3 is 0 Å². The summed E-state index contributed by atoms with van der Waals surface area (Å²) in [7, 11) is 0. The van der Waals surface area contributed by atoms with Gasteiger partial charge in [-0.1, -0.05) is 20.8 Å². The first-order chi connectivity index (χ1) is 10.2. The maximum Gasteiger partial charge on any atom is 0.0247 e. The normalized spacial score (nSPS) is 33.7. The van der Waals surface area contributed by atoms with Crippen LogP contribution in [0.2, 0.25) is 0 Å². The van der Waals surface area contributed by atoms with Crippen molar-refractivity contribution in [3.8, 4) is 0 Å². The summed E-state index contributed by atoms with van der Waals surface area (Å²) in [4.78, 5) is 5.58. The molecule has 3 aliphatic rings. The fourth-order valence-corrected chi connectivity index (χ4v) is 4.46. The van der Waals surface area contributed by atoms with Crippen LogP contribution in [0, 0.1) is 11.8 Å². The molecule has 3 nitrogen and oxygen atoms in total. The van der Waals surface area contributed by atoms with Crippen molar-refractivity contribution in [2.45, 2.75) is 71.0 Å². The summed E-state index contributed by atoms with van der Waals surface area (Å²) in [5.41, 5.74) is 0. The molecule has 0 bridgehead atoms. The van der Waals surface area contributed by atoms with Crippen molar-refractivity contribution in [3.63, 3.8) is 0 Å². The van der Waals surface area contributed by atoms with E-state index in [1.165, 1.54) is 64.8 Å². The molecule has 2 heterocycles. The van der Waals surface area contributed by atoms with Gasteiger partial charge in [-0.3, -0.25) is 4.90 Å². The second-order valence-electron chi connectivity index (χ2n) is 7.93. The summed E-state index contributed by atoms with van der Waals surface area (Å²) in [6, 6.07) is 2.38. The molecule has 0 aromatic carbocycles. The lowest BCUT2D eigenvalue weighted by atomic mass is 9.92. The van der Waals surface area contributed by atoms with Gasteiger partial charge in [0, 0.05) is 31.2 Å². The molecule has 0 radical (unpaired) electrons. The zero-order chi connectivity index (χ0) is 14.8. The fraction of sp³-hybridized carbons (Fsp3) is 1.00. The lowest BCUT2D eigenvalue weighted by molar-refractivity contribution is 0.0206. The Bertz CT molecular complexity index is 318. The maximum absolute atomic E-state index is 3.86. The van der Waals surface area contributed by atoms with E-state index in [9.17, 15) is 0 Å². The summed E-state index contributed by atoms with van der Waals surface area (Å²) in [6.45, 7) is 13.6. The lowest BCUT2D eigenvalue weighted by Gasteiger charge is -2.48. The molecule has 1 aliphatic carbocycles. The van der Waals surface area contributed by atoms with Crippen LogP contribution < -0.4 is 5.32 Å². The van der Waals surface area contributed by atoms with Crippen molar-refractivity contribution in [1.82, 2.24) is 15.1 Å². The minimum atomic E-state index is 0.753. The molecule has 3 rings (SSSR count). The minimum absolute atomic E-state index is 0.753. The summed E-state index contributed by atoms with van der Waals surface area (Å²) < 4.78 is 0. The highest BCUT2D eigenvalue weighted by Crippen LogP contribution is 2.36. The van der Waals surface area contributed by atoms with Gasteiger partial charge in [-0.2, -0.15) is 0 Å². The molecule has 1 saturated carbocycles. The Morgan fingerprint density at radius 2 is 1.81 bits per heavy atom. The van der Waals surface area contributed by atoms with Crippen LogP contribution in [0.3, 0.4) is 0 Å². The quantitative estimate of drug-likeness (QED) is 0.840. The van der Waals surface area contributed by atoms with Gasteiger partial charge in [-0.25, -0.2) is 0 Å². The second-order valence-corrected chi connectivity index (χ2v) is 7.93. The molecular formula is C18H35N3. The predicted molar refractivity (Wildman–Crippen MR) is 89.6 cm³/mol. The molecule has 2 atom stereocenters. The lowest BCUT2D eigenvalue weighted by Crippen LogP contribution is -2.62. The molecule has 2 aliphatic heterocycles. The molecule has 2 saturated heterocycles. The molecule has 122 valence electrons. The molecule has 3 fully saturated rings. The monoisotopic (exact) mass is 293 g/mol. The Labute approximate surface area is 131 Å². The van der Waals surface area contributed by atoms with Gasteiger partial charge in [-0.15, -0.1) is 0 Å². The first-order valence-electron chi connectivity index (χ1n) is 9.40. The van der Waals surface area contributed by atoms with Crippen LogP contribution in [0.25, 0.3) is 0 Å². The highest BCUT2D eigenvalue weighted by Gasteiger charge is 2.40. The van der Waals surface area contributed by atoms with Crippen molar-refractivity contribution >= 4 is 0 Å². The molecule has 0 spiro atoms. The highest BCUT2D eigenvalue weighted by atomic mass is 15.3. The number of hydrogen-bond donors (Lipinski definition) is 1. The maximum atomic E-state index is 3.86. The van der Waals surface area contributed by atoms with E-state index in [1.54, 1.807) is 0 Å². The topological polar surface area (TPSA) is 18.5 Å². The van der Waals surface area contributed by atoms with Crippen LogP contribution in [0.5, 0.6) is 0 Å². The molecule has 0 aromatic rings. The Kier molecular flexibility index (Phi) is 5.23. The number of piperazine rings is 1. The summed E-state index contributed by atoms with van der Waals surface area (Å²) in [5.74, 6) is 1.76. The van der Waals surface area contributed by atoms with Gasteiger partial charge in [0.05, 0.1) is 0 Å². The van der Waals surface area contributed by atoms with Gasteiger partial charge in [0.1, 0.15) is 0 Å². The zero-order valence-corrected chi connectivity index (χ0v) is 14.4. The summed E-state index contributed by atoms with van der Waals surface area (Å²) in [6.07, 6.45) is 7.01. The van der Waals surface area contributed by atoms with E-state index in [2.05, 4.69) is 35.9 Å². The predicted octanol–water partition coefficient (Wildman–Crippen LogP) is 2.57. The van der Waals surface area contributed by atoms with E-state index in [1.807, 2.05) is 0 Å². The number of nitrogens with one attached hydrogen (secondary N) is 1. The van der Waals surface area contributed by atoms with Crippen LogP contribution >= 0.6 is 0 Å². The third-order valence-electron chi connectivity index (χ3n) is 5.95. The molecule has 1 N–H and O–H groups in total. The minimum Gasteiger partial charge on any atom is -0.311 e. The average Bonchev–Trinajstić information content (AvgIpc) is 3.32. The van der Waals surface area contributed by atoms with Crippen LogP contribution in [0.4, 0.5) is 0 Å². The van der Waals surface area contributed by atoms with Gasteiger partial charge in [0.25, 0.3) is 0 Å². The van der Waals surface area contributed by atoms with Gasteiger partial charge < -0.3 is 10.2 Å².